The predicted octanol–water partition coefficient (Wildman–Crippen LogP) is 1.10. The van der Waals surface area contributed by atoms with Crippen molar-refractivity contribution in [2.24, 2.45) is 5.73 Å². The highest BCUT2D eigenvalue weighted by Crippen LogP contribution is 2.09. The molecule has 0 unspecified atom stereocenters. The van der Waals surface area contributed by atoms with Crippen molar-refractivity contribution < 1.29 is 19.6 Å². The van der Waals surface area contributed by atoms with Gasteiger partial charge in [-0.2, -0.15) is 0 Å². The summed E-state index contributed by atoms with van der Waals surface area (Å²) in [7, 11) is 0. The minimum absolute atomic E-state index is 0.127. The lowest BCUT2D eigenvalue weighted by Crippen LogP contribution is -2.50. The van der Waals surface area contributed by atoms with E-state index in [2.05, 4.69) is 44.6 Å². The van der Waals surface area contributed by atoms with Crippen LogP contribution in [0.5, 0.6) is 0 Å². The molecular formula is C27H24N6O4. The highest BCUT2D eigenvalue weighted by molar-refractivity contribution is 5.97. The van der Waals surface area contributed by atoms with Crippen LogP contribution in [0.3, 0.4) is 0 Å². The summed E-state index contributed by atoms with van der Waals surface area (Å²) in [4.78, 5) is 39.7. The number of carbonyl (C=O) groups excluding carboxylic acids is 3. The van der Waals surface area contributed by atoms with Gasteiger partial charge in [0.1, 0.15) is 6.04 Å². The smallest absolute Gasteiger partial charge is 0.267 e. The summed E-state index contributed by atoms with van der Waals surface area (Å²) in [6.07, 6.45) is 3.29. The molecule has 7 N–H and O–H groups in total. The first-order valence-corrected chi connectivity index (χ1v) is 11.1. The van der Waals surface area contributed by atoms with Crippen LogP contribution in [-0.2, 0) is 9.59 Å². The van der Waals surface area contributed by atoms with E-state index in [-0.39, 0.29) is 19.0 Å². The molecular weight excluding hydrogens is 472 g/mol. The molecule has 1 atom stereocenters. The number of nitrogens with two attached hydrogens (primary N) is 1. The molecule has 0 saturated carbocycles. The average molecular weight is 497 g/mol. The first-order chi connectivity index (χ1) is 18.0. The van der Waals surface area contributed by atoms with Crippen molar-refractivity contribution in [1.29, 1.82) is 0 Å². The number of rotatable bonds is 8. The summed E-state index contributed by atoms with van der Waals surface area (Å²) in [6.45, 7) is -0.0376. The molecule has 2 aromatic carbocycles. The summed E-state index contributed by atoms with van der Waals surface area (Å²) < 4.78 is 0. The third-order valence-corrected chi connectivity index (χ3v) is 4.89. The van der Waals surface area contributed by atoms with Crippen molar-refractivity contribution in [2.75, 3.05) is 23.7 Å². The van der Waals surface area contributed by atoms with Gasteiger partial charge in [0.15, 0.2) is 0 Å². The van der Waals surface area contributed by atoms with Crippen molar-refractivity contribution in [1.82, 2.24) is 15.8 Å². The molecule has 0 aliphatic carbocycles. The lowest BCUT2D eigenvalue weighted by Gasteiger charge is -2.14. The number of benzene rings is 2. The van der Waals surface area contributed by atoms with Crippen LogP contribution >= 0.6 is 0 Å². The Bertz CT molecular complexity index is 1350. The summed E-state index contributed by atoms with van der Waals surface area (Å²) in [6, 6.07) is 16.0. The van der Waals surface area contributed by atoms with Crippen LogP contribution < -0.4 is 27.2 Å². The molecule has 0 aliphatic heterocycles. The normalized spacial score (nSPS) is 10.4. The molecule has 186 valence electrons. The third-order valence-electron chi connectivity index (χ3n) is 4.89. The van der Waals surface area contributed by atoms with E-state index in [0.717, 1.165) is 11.3 Å². The molecule has 0 radical (unpaired) electrons. The maximum absolute atomic E-state index is 12.2. The van der Waals surface area contributed by atoms with Crippen molar-refractivity contribution in [3.63, 3.8) is 0 Å². The summed E-state index contributed by atoms with van der Waals surface area (Å²) in [5, 5.41) is 16.9. The minimum Gasteiger partial charge on any atom is -0.376 e. The number of amides is 3. The second kappa shape index (κ2) is 13.7. The maximum Gasteiger partial charge on any atom is 0.267 e. The van der Waals surface area contributed by atoms with Crippen molar-refractivity contribution in [3.8, 4) is 23.7 Å². The summed E-state index contributed by atoms with van der Waals surface area (Å²) >= 11 is 0. The molecule has 3 rings (SSSR count). The lowest BCUT2D eigenvalue weighted by atomic mass is 10.1. The standard InChI is InChI=1S/C27H24N6O4/c28-17-24(27(36)33-37)32-26(35)21-9-5-19(6-10-21)3-1-2-4-20-7-11-23(12-8-20)31-25(34)18-30-22-13-15-29-16-14-22/h5-16,24,37H,17-18,28H2,(H,29,30)(H,31,34)(H,32,35)(H,33,36)/t24-/m0/s1. The fourth-order valence-corrected chi connectivity index (χ4v) is 2.96. The van der Waals surface area contributed by atoms with Crippen LogP contribution in [-0.4, -0.2) is 47.0 Å². The van der Waals surface area contributed by atoms with E-state index < -0.39 is 17.9 Å². The summed E-state index contributed by atoms with van der Waals surface area (Å²) in [5.41, 5.74) is 10.0. The van der Waals surface area contributed by atoms with Gasteiger partial charge in [-0.1, -0.05) is 11.8 Å². The molecule has 1 aromatic heterocycles. The lowest BCUT2D eigenvalue weighted by molar-refractivity contribution is -0.130. The predicted molar refractivity (Wildman–Crippen MR) is 138 cm³/mol. The van der Waals surface area contributed by atoms with Gasteiger partial charge >= 0.3 is 0 Å². The van der Waals surface area contributed by atoms with Gasteiger partial charge in [-0.15, -0.1) is 0 Å². The fraction of sp³-hybridized carbons (Fsp3) is 0.111. The highest BCUT2D eigenvalue weighted by atomic mass is 16.5. The molecule has 10 nitrogen and oxygen atoms in total. The zero-order valence-corrected chi connectivity index (χ0v) is 19.6. The first kappa shape index (κ1) is 26.4. The van der Waals surface area contributed by atoms with Crippen LogP contribution in [0.1, 0.15) is 21.5 Å². The molecule has 10 heteroatoms. The Morgan fingerprint density at radius 1 is 0.865 bits per heavy atom. The van der Waals surface area contributed by atoms with Gasteiger partial charge in [-0.25, -0.2) is 5.48 Å². The zero-order valence-electron chi connectivity index (χ0n) is 19.6. The number of anilines is 2. The number of hydroxylamine groups is 1. The Hall–Kier alpha value is -5.16. The molecule has 0 fully saturated rings. The van der Waals surface area contributed by atoms with Crippen molar-refractivity contribution in [3.05, 3.63) is 89.7 Å². The molecule has 37 heavy (non-hydrogen) atoms. The molecule has 0 bridgehead atoms. The van der Waals surface area contributed by atoms with Crippen LogP contribution in [0, 0.1) is 23.7 Å². The molecule has 0 aliphatic rings. The van der Waals surface area contributed by atoms with Gasteiger partial charge in [-0.05, 0) is 72.5 Å². The first-order valence-electron chi connectivity index (χ1n) is 11.1. The van der Waals surface area contributed by atoms with Crippen LogP contribution in [0.2, 0.25) is 0 Å². The van der Waals surface area contributed by atoms with Crippen LogP contribution in [0.25, 0.3) is 0 Å². The Morgan fingerprint density at radius 2 is 1.46 bits per heavy atom. The maximum atomic E-state index is 12.2. The van der Waals surface area contributed by atoms with Gasteiger partial charge in [0, 0.05) is 47.0 Å². The zero-order chi connectivity index (χ0) is 26.5. The van der Waals surface area contributed by atoms with E-state index in [0.29, 0.717) is 16.8 Å². The number of hydrogen-bond donors (Lipinski definition) is 6. The fourth-order valence-electron chi connectivity index (χ4n) is 2.96. The van der Waals surface area contributed by atoms with Gasteiger partial charge in [0.05, 0.1) is 6.54 Å². The van der Waals surface area contributed by atoms with Crippen LogP contribution in [0.4, 0.5) is 11.4 Å². The average Bonchev–Trinajstić information content (AvgIpc) is 2.94. The number of pyridine rings is 1. The summed E-state index contributed by atoms with van der Waals surface area (Å²) in [5.74, 6) is 9.83. The second-order valence-corrected chi connectivity index (χ2v) is 7.53. The van der Waals surface area contributed by atoms with E-state index in [1.807, 2.05) is 0 Å². The van der Waals surface area contributed by atoms with E-state index >= 15 is 0 Å². The third kappa shape index (κ3) is 8.53. The van der Waals surface area contributed by atoms with E-state index in [1.54, 1.807) is 73.1 Å². The number of hydrogen-bond acceptors (Lipinski definition) is 7. The Balaban J connectivity index is 1.50. The molecule has 0 spiro atoms. The van der Waals surface area contributed by atoms with E-state index in [4.69, 9.17) is 10.9 Å². The number of nitrogens with one attached hydrogen (secondary N) is 4. The topological polar surface area (TPSA) is 158 Å². The molecule has 3 amide bonds. The number of nitrogens with zero attached hydrogens (tertiary/aromatic N) is 1. The second-order valence-electron chi connectivity index (χ2n) is 7.53. The Morgan fingerprint density at radius 3 is 2.03 bits per heavy atom. The van der Waals surface area contributed by atoms with Gasteiger partial charge in [-0.3, -0.25) is 24.6 Å². The minimum atomic E-state index is -1.05. The molecule has 0 saturated heterocycles. The number of aromatic nitrogens is 1. The van der Waals surface area contributed by atoms with Gasteiger partial charge in [0.2, 0.25) is 5.91 Å². The largest absolute Gasteiger partial charge is 0.376 e. The molecule has 3 aromatic rings. The Kier molecular flexibility index (Phi) is 9.76. The van der Waals surface area contributed by atoms with Crippen molar-refractivity contribution >= 4 is 29.1 Å². The van der Waals surface area contributed by atoms with E-state index in [9.17, 15) is 14.4 Å². The highest BCUT2D eigenvalue weighted by Gasteiger charge is 2.19. The van der Waals surface area contributed by atoms with Gasteiger partial charge in [0.25, 0.3) is 11.8 Å². The Labute approximate surface area is 213 Å². The van der Waals surface area contributed by atoms with Crippen molar-refractivity contribution in [2.45, 2.75) is 6.04 Å². The SMILES string of the molecule is NC[C@H](NC(=O)c1ccc(C#CC#Cc2ccc(NC(=O)CNc3ccncc3)cc2)cc1)C(=O)NO. The quantitative estimate of drug-likeness (QED) is 0.155. The van der Waals surface area contributed by atoms with Crippen LogP contribution in [0.15, 0.2) is 73.1 Å². The molecule has 1 heterocycles. The van der Waals surface area contributed by atoms with Gasteiger partial charge < -0.3 is 21.7 Å². The monoisotopic (exact) mass is 496 g/mol. The number of carbonyl (C=O) groups is 3. The van der Waals surface area contributed by atoms with E-state index in [1.165, 1.54) is 5.48 Å².